The van der Waals surface area contributed by atoms with Crippen LogP contribution in [0.1, 0.15) is 53.0 Å². The van der Waals surface area contributed by atoms with Crippen molar-refractivity contribution in [3.8, 4) is 0 Å². The first-order chi connectivity index (χ1) is 15.4. The number of nitrogens with zero attached hydrogens (tertiary/aromatic N) is 2. The second-order valence-electron chi connectivity index (χ2n) is 9.55. The minimum atomic E-state index is -0.833. The van der Waals surface area contributed by atoms with Crippen molar-refractivity contribution in [2.24, 2.45) is 5.92 Å². The van der Waals surface area contributed by atoms with E-state index in [2.05, 4.69) is 0 Å². The van der Waals surface area contributed by atoms with E-state index in [1.807, 2.05) is 44.2 Å². The van der Waals surface area contributed by atoms with Gasteiger partial charge in [0, 0.05) is 27.1 Å². The van der Waals surface area contributed by atoms with E-state index in [9.17, 15) is 14.4 Å². The first-order valence-electron chi connectivity index (χ1n) is 11.3. The normalized spacial score (nSPS) is 13.2. The van der Waals surface area contributed by atoms with E-state index in [0.717, 1.165) is 5.56 Å². The Balaban J connectivity index is 2.91. The van der Waals surface area contributed by atoms with Crippen molar-refractivity contribution < 1.29 is 28.6 Å². The average molecular weight is 465 g/mol. The Kier molecular flexibility index (Phi) is 11.4. The van der Waals surface area contributed by atoms with Crippen molar-refractivity contribution in [2.45, 2.75) is 71.8 Å². The molecule has 8 nitrogen and oxygen atoms in total. The predicted octanol–water partition coefficient (Wildman–Crippen LogP) is 3.87. The maximum atomic E-state index is 13.4. The average Bonchev–Trinajstić information content (AvgIpc) is 2.75. The second kappa shape index (κ2) is 13.2. The molecule has 0 saturated heterocycles. The third-order valence-corrected chi connectivity index (χ3v) is 5.06. The van der Waals surface area contributed by atoms with E-state index in [4.69, 9.17) is 14.2 Å². The molecule has 8 heteroatoms. The zero-order valence-electron chi connectivity index (χ0n) is 21.3. The molecule has 1 aromatic rings. The summed E-state index contributed by atoms with van der Waals surface area (Å²) in [6.07, 6.45) is 0.111. The molecule has 186 valence electrons. The van der Waals surface area contributed by atoms with Gasteiger partial charge in [-0.2, -0.15) is 0 Å². The first-order valence-corrected chi connectivity index (χ1v) is 11.3. The van der Waals surface area contributed by atoms with Gasteiger partial charge in [-0.1, -0.05) is 44.2 Å². The highest BCUT2D eigenvalue weighted by atomic mass is 16.6. The second-order valence-corrected chi connectivity index (χ2v) is 9.55. The Morgan fingerprint density at radius 1 is 0.970 bits per heavy atom. The number of hydrogen-bond acceptors (Lipinski definition) is 6. The number of esters is 1. The quantitative estimate of drug-likeness (QED) is 0.365. The lowest BCUT2D eigenvalue weighted by Crippen LogP contribution is -2.54. The van der Waals surface area contributed by atoms with Gasteiger partial charge < -0.3 is 19.1 Å². The van der Waals surface area contributed by atoms with Gasteiger partial charge in [0.15, 0.2) is 0 Å². The van der Waals surface area contributed by atoms with Crippen LogP contribution in [0.25, 0.3) is 0 Å². The summed E-state index contributed by atoms with van der Waals surface area (Å²) in [5.41, 5.74) is 0.334. The molecule has 0 fully saturated rings. The lowest BCUT2D eigenvalue weighted by atomic mass is 10.0. The fourth-order valence-electron chi connectivity index (χ4n) is 3.29. The molecule has 2 atom stereocenters. The van der Waals surface area contributed by atoms with Gasteiger partial charge in [0.1, 0.15) is 17.7 Å². The minimum absolute atomic E-state index is 0.142. The van der Waals surface area contributed by atoms with Gasteiger partial charge >= 0.3 is 12.1 Å². The number of carbonyl (C=O) groups excluding carboxylic acids is 3. The molecule has 0 aromatic heterocycles. The molecule has 1 rings (SSSR count). The summed E-state index contributed by atoms with van der Waals surface area (Å²) < 4.78 is 16.1. The molecule has 0 radical (unpaired) electrons. The van der Waals surface area contributed by atoms with E-state index in [-0.39, 0.29) is 24.9 Å². The highest BCUT2D eigenvalue weighted by molar-refractivity contribution is 5.89. The SMILES string of the molecule is COC(=O)[C@@H](CCOCc1ccccc1)N(C)C(=O)[C@@H](CC(C)C)N(C)C(=O)OC(C)(C)C. The number of benzene rings is 1. The van der Waals surface area contributed by atoms with Gasteiger partial charge in [0.25, 0.3) is 0 Å². The van der Waals surface area contributed by atoms with E-state index in [1.54, 1.807) is 34.9 Å². The molecule has 1 aromatic carbocycles. The largest absolute Gasteiger partial charge is 0.467 e. The van der Waals surface area contributed by atoms with Crippen LogP contribution in [0.5, 0.6) is 0 Å². The summed E-state index contributed by atoms with van der Waals surface area (Å²) >= 11 is 0. The highest BCUT2D eigenvalue weighted by Crippen LogP contribution is 2.19. The fourth-order valence-corrected chi connectivity index (χ4v) is 3.29. The Bertz CT molecular complexity index is 760. The van der Waals surface area contributed by atoms with Gasteiger partial charge in [0.05, 0.1) is 13.7 Å². The third-order valence-electron chi connectivity index (χ3n) is 5.06. The van der Waals surface area contributed by atoms with Crippen LogP contribution in [-0.4, -0.2) is 73.3 Å². The van der Waals surface area contributed by atoms with Crippen LogP contribution in [-0.2, 0) is 30.4 Å². The van der Waals surface area contributed by atoms with Crippen LogP contribution < -0.4 is 0 Å². The first kappa shape index (κ1) is 28.4. The number of amides is 2. The van der Waals surface area contributed by atoms with Gasteiger partial charge in [-0.3, -0.25) is 9.69 Å². The summed E-state index contributed by atoms with van der Waals surface area (Å²) in [4.78, 5) is 41.2. The monoisotopic (exact) mass is 464 g/mol. The van der Waals surface area contributed by atoms with Crippen LogP contribution in [0.15, 0.2) is 30.3 Å². The van der Waals surface area contributed by atoms with E-state index in [0.29, 0.717) is 13.0 Å². The van der Waals surface area contributed by atoms with Crippen molar-refractivity contribution in [1.82, 2.24) is 9.80 Å². The molecule has 0 unspecified atom stereocenters. The van der Waals surface area contributed by atoms with Gasteiger partial charge in [0.2, 0.25) is 5.91 Å². The molecule has 0 saturated carbocycles. The van der Waals surface area contributed by atoms with Crippen molar-refractivity contribution >= 4 is 18.0 Å². The van der Waals surface area contributed by atoms with Gasteiger partial charge in [-0.15, -0.1) is 0 Å². The maximum absolute atomic E-state index is 13.4. The zero-order chi connectivity index (χ0) is 25.2. The Morgan fingerprint density at radius 2 is 1.58 bits per heavy atom. The van der Waals surface area contributed by atoms with Crippen molar-refractivity contribution in [3.05, 3.63) is 35.9 Å². The molecule has 33 heavy (non-hydrogen) atoms. The molecular formula is C25H40N2O6. The molecule has 2 amide bonds. The Morgan fingerprint density at radius 3 is 2.09 bits per heavy atom. The lowest BCUT2D eigenvalue weighted by molar-refractivity contribution is -0.154. The standard InChI is InChI=1S/C25H40N2O6/c1-18(2)16-21(27(7)24(30)33-25(3,4)5)22(28)26(6)20(23(29)31-8)14-15-32-17-19-12-10-9-11-13-19/h9-13,18,20-21H,14-17H2,1-8H3/t20-,21-/m1/s1. The topological polar surface area (TPSA) is 85.4 Å². The number of ether oxygens (including phenoxy) is 3. The number of rotatable bonds is 11. The van der Waals surface area contributed by atoms with Crippen molar-refractivity contribution in [3.63, 3.8) is 0 Å². The van der Waals surface area contributed by atoms with E-state index >= 15 is 0 Å². The van der Waals surface area contributed by atoms with Gasteiger partial charge in [-0.05, 0) is 38.7 Å². The summed E-state index contributed by atoms with van der Waals surface area (Å²) in [7, 11) is 4.39. The summed E-state index contributed by atoms with van der Waals surface area (Å²) in [6, 6.07) is 8.09. The molecule has 0 aliphatic rings. The van der Waals surface area contributed by atoms with Crippen LogP contribution in [0.4, 0.5) is 4.79 Å². The smallest absolute Gasteiger partial charge is 0.410 e. The maximum Gasteiger partial charge on any atom is 0.410 e. The number of likely N-dealkylation sites (N-methyl/N-ethyl adjacent to an activating group) is 2. The van der Waals surface area contributed by atoms with Crippen LogP contribution >= 0.6 is 0 Å². The molecule has 0 aliphatic heterocycles. The van der Waals surface area contributed by atoms with E-state index < -0.39 is 29.7 Å². The van der Waals surface area contributed by atoms with E-state index in [1.165, 1.54) is 16.9 Å². The zero-order valence-corrected chi connectivity index (χ0v) is 21.3. The molecule has 0 spiro atoms. The summed E-state index contributed by atoms with van der Waals surface area (Å²) in [5, 5.41) is 0. The molecule has 0 aliphatic carbocycles. The molecule has 0 heterocycles. The minimum Gasteiger partial charge on any atom is -0.467 e. The third kappa shape index (κ3) is 9.82. The van der Waals surface area contributed by atoms with Crippen LogP contribution in [0.2, 0.25) is 0 Å². The lowest BCUT2D eigenvalue weighted by Gasteiger charge is -2.35. The van der Waals surface area contributed by atoms with Crippen molar-refractivity contribution in [1.29, 1.82) is 0 Å². The van der Waals surface area contributed by atoms with Crippen LogP contribution in [0, 0.1) is 5.92 Å². The van der Waals surface area contributed by atoms with Crippen molar-refractivity contribution in [2.75, 3.05) is 27.8 Å². The summed E-state index contributed by atoms with van der Waals surface area (Å²) in [5.74, 6) is -0.740. The highest BCUT2D eigenvalue weighted by Gasteiger charge is 2.36. The molecule has 0 bridgehead atoms. The Hall–Kier alpha value is -2.61. The van der Waals surface area contributed by atoms with Gasteiger partial charge in [-0.25, -0.2) is 9.59 Å². The predicted molar refractivity (Wildman–Crippen MR) is 127 cm³/mol. The number of carbonyl (C=O) groups is 3. The number of hydrogen-bond donors (Lipinski definition) is 0. The Labute approximate surface area is 198 Å². The fraction of sp³-hybridized carbons (Fsp3) is 0.640. The summed E-state index contributed by atoms with van der Waals surface area (Å²) in [6.45, 7) is 9.93. The molecular weight excluding hydrogens is 424 g/mol. The van der Waals surface area contributed by atoms with Crippen LogP contribution in [0.3, 0.4) is 0 Å². The number of methoxy groups -OCH3 is 1. The molecule has 0 N–H and O–H groups in total.